The van der Waals surface area contributed by atoms with Gasteiger partial charge in [-0.15, -0.1) is 0 Å². The van der Waals surface area contributed by atoms with Gasteiger partial charge < -0.3 is 16.8 Å². The van der Waals surface area contributed by atoms with Crippen molar-refractivity contribution in [2.45, 2.75) is 46.2 Å². The Kier molecular flexibility index (Phi) is 6.03. The Balaban J connectivity index is 4.35. The van der Waals surface area contributed by atoms with Gasteiger partial charge in [0.15, 0.2) is 0 Å². The van der Waals surface area contributed by atoms with Gasteiger partial charge >= 0.3 is 0 Å². The molecule has 0 saturated heterocycles. The average molecular weight is 229 g/mol. The molecular formula is C11H23N3O2. The van der Waals surface area contributed by atoms with Gasteiger partial charge in [-0.25, -0.2) is 0 Å². The number of nitrogens with one attached hydrogen (secondary N) is 1. The Morgan fingerprint density at radius 1 is 1.19 bits per heavy atom. The van der Waals surface area contributed by atoms with Crippen LogP contribution < -0.4 is 16.8 Å². The molecule has 0 rings (SSSR count). The summed E-state index contributed by atoms with van der Waals surface area (Å²) >= 11 is 0. The Morgan fingerprint density at radius 2 is 1.69 bits per heavy atom. The fraction of sp³-hybridized carbons (Fsp3) is 0.818. The van der Waals surface area contributed by atoms with Gasteiger partial charge in [0.2, 0.25) is 11.8 Å². The van der Waals surface area contributed by atoms with Crippen molar-refractivity contribution in [3.8, 4) is 0 Å². The SMILES string of the molecule is CC(C)C[C@@H](N)C(=O)NC(C(N)=O)C(C)C. The number of primary amides is 1. The third-order valence-corrected chi connectivity index (χ3v) is 2.33. The van der Waals surface area contributed by atoms with Crippen molar-refractivity contribution in [1.29, 1.82) is 0 Å². The molecule has 0 heterocycles. The van der Waals surface area contributed by atoms with Gasteiger partial charge in [-0.3, -0.25) is 9.59 Å². The monoisotopic (exact) mass is 229 g/mol. The number of hydrogen-bond acceptors (Lipinski definition) is 3. The Hall–Kier alpha value is -1.10. The van der Waals surface area contributed by atoms with Crippen LogP contribution in [0, 0.1) is 11.8 Å². The van der Waals surface area contributed by atoms with Gasteiger partial charge in [0, 0.05) is 0 Å². The van der Waals surface area contributed by atoms with Crippen molar-refractivity contribution < 1.29 is 9.59 Å². The van der Waals surface area contributed by atoms with E-state index in [-0.39, 0.29) is 11.8 Å². The minimum atomic E-state index is -0.647. The molecule has 0 radical (unpaired) electrons. The summed E-state index contributed by atoms with van der Waals surface area (Å²) in [6.45, 7) is 7.62. The fourth-order valence-corrected chi connectivity index (χ4v) is 1.44. The van der Waals surface area contributed by atoms with E-state index in [0.29, 0.717) is 12.3 Å². The molecule has 5 heteroatoms. The maximum Gasteiger partial charge on any atom is 0.240 e. The molecule has 0 aromatic rings. The minimum absolute atomic E-state index is 0.0345. The number of nitrogens with two attached hydrogens (primary N) is 2. The van der Waals surface area contributed by atoms with Gasteiger partial charge in [0.25, 0.3) is 0 Å². The van der Waals surface area contributed by atoms with Crippen LogP contribution in [0.25, 0.3) is 0 Å². The smallest absolute Gasteiger partial charge is 0.240 e. The summed E-state index contributed by atoms with van der Waals surface area (Å²) in [6, 6.07) is -1.23. The third-order valence-electron chi connectivity index (χ3n) is 2.33. The molecule has 16 heavy (non-hydrogen) atoms. The van der Waals surface area contributed by atoms with Crippen LogP contribution in [-0.4, -0.2) is 23.9 Å². The lowest BCUT2D eigenvalue weighted by molar-refractivity contribution is -0.129. The van der Waals surface area contributed by atoms with Crippen molar-refractivity contribution in [3.05, 3.63) is 0 Å². The molecule has 0 aromatic carbocycles. The lowest BCUT2D eigenvalue weighted by Gasteiger charge is -2.21. The van der Waals surface area contributed by atoms with E-state index in [9.17, 15) is 9.59 Å². The van der Waals surface area contributed by atoms with Crippen molar-refractivity contribution in [2.24, 2.45) is 23.3 Å². The summed E-state index contributed by atoms with van der Waals surface area (Å²) in [5.41, 5.74) is 10.9. The first kappa shape index (κ1) is 14.9. The van der Waals surface area contributed by atoms with Gasteiger partial charge in [0.05, 0.1) is 6.04 Å². The highest BCUT2D eigenvalue weighted by atomic mass is 16.2. The van der Waals surface area contributed by atoms with Crippen molar-refractivity contribution >= 4 is 11.8 Å². The van der Waals surface area contributed by atoms with Crippen LogP contribution in [0.3, 0.4) is 0 Å². The standard InChI is InChI=1S/C11H23N3O2/c1-6(2)5-8(12)11(16)14-9(7(3)4)10(13)15/h6-9H,5,12H2,1-4H3,(H2,13,15)(H,14,16)/t8-,9?/m1/s1. The molecule has 1 unspecified atom stereocenters. The summed E-state index contributed by atoms with van der Waals surface area (Å²) in [6.07, 6.45) is 0.593. The van der Waals surface area contributed by atoms with Crippen LogP contribution >= 0.6 is 0 Å². The largest absolute Gasteiger partial charge is 0.368 e. The van der Waals surface area contributed by atoms with Gasteiger partial charge in [-0.2, -0.15) is 0 Å². The number of amides is 2. The Bertz CT molecular complexity index is 252. The molecule has 0 bridgehead atoms. The number of hydrogen-bond donors (Lipinski definition) is 3. The second kappa shape index (κ2) is 6.48. The Morgan fingerprint density at radius 3 is 2.00 bits per heavy atom. The van der Waals surface area contributed by atoms with E-state index >= 15 is 0 Å². The molecule has 5 nitrogen and oxygen atoms in total. The summed E-state index contributed by atoms with van der Waals surface area (Å²) < 4.78 is 0. The lowest BCUT2D eigenvalue weighted by atomic mass is 10.0. The highest BCUT2D eigenvalue weighted by Crippen LogP contribution is 2.05. The summed E-state index contributed by atoms with van der Waals surface area (Å²) in [7, 11) is 0. The molecular weight excluding hydrogens is 206 g/mol. The lowest BCUT2D eigenvalue weighted by Crippen LogP contribution is -2.52. The highest BCUT2D eigenvalue weighted by Gasteiger charge is 2.24. The maximum atomic E-state index is 11.7. The molecule has 0 aromatic heterocycles. The third kappa shape index (κ3) is 5.11. The molecule has 2 amide bonds. The number of carbonyl (C=O) groups is 2. The van der Waals surface area contributed by atoms with Crippen molar-refractivity contribution in [1.82, 2.24) is 5.32 Å². The second-order valence-electron chi connectivity index (χ2n) is 4.87. The van der Waals surface area contributed by atoms with Crippen LogP contribution in [0.2, 0.25) is 0 Å². The molecule has 0 spiro atoms. The van der Waals surface area contributed by atoms with Crippen LogP contribution in [0.1, 0.15) is 34.1 Å². The van der Waals surface area contributed by atoms with Gasteiger partial charge in [0.1, 0.15) is 6.04 Å². The van der Waals surface area contributed by atoms with E-state index in [0.717, 1.165) is 0 Å². The quantitative estimate of drug-likeness (QED) is 0.597. The molecule has 0 aliphatic heterocycles. The Labute approximate surface area is 96.9 Å². The van der Waals surface area contributed by atoms with Crippen molar-refractivity contribution in [2.75, 3.05) is 0 Å². The van der Waals surface area contributed by atoms with Crippen LogP contribution in [0.5, 0.6) is 0 Å². The number of carbonyl (C=O) groups excluding carboxylic acids is 2. The first-order chi connectivity index (χ1) is 7.25. The predicted molar refractivity (Wildman–Crippen MR) is 63.4 cm³/mol. The van der Waals surface area contributed by atoms with Gasteiger partial charge in [-0.05, 0) is 18.3 Å². The van der Waals surface area contributed by atoms with E-state index in [1.165, 1.54) is 0 Å². The molecule has 94 valence electrons. The second-order valence-corrected chi connectivity index (χ2v) is 4.87. The maximum absolute atomic E-state index is 11.7. The van der Waals surface area contributed by atoms with Crippen LogP contribution in [-0.2, 0) is 9.59 Å². The summed E-state index contributed by atoms with van der Waals surface area (Å²) in [5.74, 6) is -0.536. The molecule has 0 fully saturated rings. The average Bonchev–Trinajstić information content (AvgIpc) is 2.11. The minimum Gasteiger partial charge on any atom is -0.368 e. The first-order valence-electron chi connectivity index (χ1n) is 5.61. The van der Waals surface area contributed by atoms with E-state index < -0.39 is 18.0 Å². The summed E-state index contributed by atoms with van der Waals surface area (Å²) in [4.78, 5) is 22.7. The highest BCUT2D eigenvalue weighted by molar-refractivity contribution is 5.89. The topological polar surface area (TPSA) is 98.2 Å². The fourth-order valence-electron chi connectivity index (χ4n) is 1.44. The zero-order valence-electron chi connectivity index (χ0n) is 10.5. The van der Waals surface area contributed by atoms with Gasteiger partial charge in [-0.1, -0.05) is 27.7 Å². The molecule has 0 aliphatic carbocycles. The number of rotatable bonds is 6. The van der Waals surface area contributed by atoms with Crippen LogP contribution in [0.4, 0.5) is 0 Å². The van der Waals surface area contributed by atoms with E-state index in [2.05, 4.69) is 5.32 Å². The van der Waals surface area contributed by atoms with E-state index in [4.69, 9.17) is 11.5 Å². The van der Waals surface area contributed by atoms with E-state index in [1.54, 1.807) is 0 Å². The molecule has 2 atom stereocenters. The molecule has 0 aliphatic rings. The first-order valence-corrected chi connectivity index (χ1v) is 5.61. The normalized spacial score (nSPS) is 14.9. The molecule has 0 saturated carbocycles. The van der Waals surface area contributed by atoms with Crippen molar-refractivity contribution in [3.63, 3.8) is 0 Å². The predicted octanol–water partition coefficient (Wildman–Crippen LogP) is -0.0141. The summed E-state index contributed by atoms with van der Waals surface area (Å²) in [5, 5.41) is 2.58. The zero-order chi connectivity index (χ0) is 12.9. The van der Waals surface area contributed by atoms with Crippen LogP contribution in [0.15, 0.2) is 0 Å². The molecule has 5 N–H and O–H groups in total. The zero-order valence-corrected chi connectivity index (χ0v) is 10.5. The van der Waals surface area contributed by atoms with E-state index in [1.807, 2.05) is 27.7 Å².